The van der Waals surface area contributed by atoms with Gasteiger partial charge in [0, 0.05) is 31.6 Å². The monoisotopic (exact) mass is 404 g/mol. The van der Waals surface area contributed by atoms with Crippen molar-refractivity contribution in [1.82, 2.24) is 5.32 Å². The highest BCUT2D eigenvalue weighted by molar-refractivity contribution is 5.88. The third kappa shape index (κ3) is 5.82. The molecule has 0 radical (unpaired) electrons. The van der Waals surface area contributed by atoms with E-state index in [0.717, 1.165) is 42.6 Å². The molecule has 30 heavy (non-hydrogen) atoms. The molecule has 4 heteroatoms. The third-order valence-electron chi connectivity index (χ3n) is 5.83. The fourth-order valence-corrected chi connectivity index (χ4v) is 3.93. The molecule has 0 fully saturated rings. The summed E-state index contributed by atoms with van der Waals surface area (Å²) in [7, 11) is 0. The number of nitrogens with one attached hydrogen (secondary N) is 1. The van der Waals surface area contributed by atoms with E-state index in [9.17, 15) is 9.59 Å². The molecule has 2 aromatic carbocycles. The van der Waals surface area contributed by atoms with Crippen LogP contribution in [-0.4, -0.2) is 31.3 Å². The van der Waals surface area contributed by atoms with Crippen molar-refractivity contribution in [2.45, 2.75) is 46.5 Å². The van der Waals surface area contributed by atoms with E-state index in [2.05, 4.69) is 60.5 Å². The minimum absolute atomic E-state index is 0.0514. The summed E-state index contributed by atoms with van der Waals surface area (Å²) in [6.45, 7) is 8.05. The number of ketones is 1. The van der Waals surface area contributed by atoms with Crippen LogP contribution in [0.4, 0.5) is 5.69 Å². The molecular weight excluding hydrogens is 372 g/mol. The highest BCUT2D eigenvalue weighted by atomic mass is 16.2. The molecule has 0 spiro atoms. The standard InChI is InChI=1S/C26H32N2O2/c1-4-22-7-5-6-20(3)25(22)17-24(29)18-27-26(30)16-21-12-14-28(15-13-21)23-10-8-19(2)9-11-23/h5-12H,4,13-18H2,1-3H3,(H,27,30). The maximum Gasteiger partial charge on any atom is 0.224 e. The van der Waals surface area contributed by atoms with E-state index >= 15 is 0 Å². The van der Waals surface area contributed by atoms with Crippen molar-refractivity contribution in [2.75, 3.05) is 24.5 Å². The molecule has 1 heterocycles. The van der Waals surface area contributed by atoms with Crippen LogP contribution in [0.15, 0.2) is 54.1 Å². The summed E-state index contributed by atoms with van der Waals surface area (Å²) in [6.07, 6.45) is 4.68. The van der Waals surface area contributed by atoms with Crippen LogP contribution in [0.25, 0.3) is 0 Å². The molecule has 3 rings (SSSR count). The van der Waals surface area contributed by atoms with Gasteiger partial charge in [-0.15, -0.1) is 0 Å². The number of amides is 1. The summed E-state index contributed by atoms with van der Waals surface area (Å²) in [6, 6.07) is 14.7. The van der Waals surface area contributed by atoms with Crippen LogP contribution in [0.2, 0.25) is 0 Å². The number of Topliss-reactive ketones (excluding diaryl/α,β-unsaturated/α-hetero) is 1. The molecule has 1 amide bonds. The van der Waals surface area contributed by atoms with Gasteiger partial charge in [0.2, 0.25) is 5.91 Å². The predicted octanol–water partition coefficient (Wildman–Crippen LogP) is 4.32. The van der Waals surface area contributed by atoms with Crippen molar-refractivity contribution in [3.8, 4) is 0 Å². The van der Waals surface area contributed by atoms with Crippen LogP contribution < -0.4 is 10.2 Å². The molecule has 0 unspecified atom stereocenters. The smallest absolute Gasteiger partial charge is 0.224 e. The van der Waals surface area contributed by atoms with Gasteiger partial charge >= 0.3 is 0 Å². The van der Waals surface area contributed by atoms with E-state index in [1.54, 1.807) is 0 Å². The summed E-state index contributed by atoms with van der Waals surface area (Å²) >= 11 is 0. The number of hydrogen-bond donors (Lipinski definition) is 1. The van der Waals surface area contributed by atoms with E-state index < -0.39 is 0 Å². The van der Waals surface area contributed by atoms with Gasteiger partial charge in [-0.05, 0) is 55.5 Å². The molecule has 1 N–H and O–H groups in total. The van der Waals surface area contributed by atoms with Gasteiger partial charge in [-0.2, -0.15) is 0 Å². The Balaban J connectivity index is 1.46. The van der Waals surface area contributed by atoms with Crippen LogP contribution in [0.3, 0.4) is 0 Å². The van der Waals surface area contributed by atoms with Crippen LogP contribution in [-0.2, 0) is 22.4 Å². The molecule has 0 aromatic heterocycles. The number of benzene rings is 2. The van der Waals surface area contributed by atoms with Crippen molar-refractivity contribution in [3.05, 3.63) is 76.4 Å². The van der Waals surface area contributed by atoms with Gasteiger partial charge in [0.15, 0.2) is 5.78 Å². The topological polar surface area (TPSA) is 49.4 Å². The molecule has 0 atom stereocenters. The molecule has 2 aromatic rings. The summed E-state index contributed by atoms with van der Waals surface area (Å²) < 4.78 is 0. The first kappa shape index (κ1) is 21.8. The van der Waals surface area contributed by atoms with E-state index in [1.165, 1.54) is 16.8 Å². The molecular formula is C26H32N2O2. The van der Waals surface area contributed by atoms with Gasteiger partial charge in [-0.3, -0.25) is 9.59 Å². The SMILES string of the molecule is CCc1cccc(C)c1CC(=O)CNC(=O)CC1=CCN(c2ccc(C)cc2)CC1. The molecule has 0 bridgehead atoms. The number of nitrogens with zero attached hydrogens (tertiary/aromatic N) is 1. The van der Waals surface area contributed by atoms with Crippen molar-refractivity contribution < 1.29 is 9.59 Å². The highest BCUT2D eigenvalue weighted by Crippen LogP contribution is 2.21. The lowest BCUT2D eigenvalue weighted by atomic mass is 9.96. The van der Waals surface area contributed by atoms with Gasteiger partial charge in [-0.1, -0.05) is 54.5 Å². The van der Waals surface area contributed by atoms with Crippen molar-refractivity contribution >= 4 is 17.4 Å². The van der Waals surface area contributed by atoms with Crippen LogP contribution in [0, 0.1) is 13.8 Å². The third-order valence-corrected chi connectivity index (χ3v) is 5.83. The second kappa shape index (κ2) is 10.2. The van der Waals surface area contributed by atoms with Crippen molar-refractivity contribution in [2.24, 2.45) is 0 Å². The summed E-state index contributed by atoms with van der Waals surface area (Å²) in [4.78, 5) is 27.1. The average Bonchev–Trinajstić information content (AvgIpc) is 2.75. The first-order chi connectivity index (χ1) is 14.5. The molecule has 1 aliphatic heterocycles. The number of anilines is 1. The number of rotatable bonds is 8. The Hall–Kier alpha value is -2.88. The van der Waals surface area contributed by atoms with Crippen LogP contribution in [0.1, 0.15) is 42.0 Å². The largest absolute Gasteiger partial charge is 0.367 e. The Morgan fingerprint density at radius 2 is 1.80 bits per heavy atom. The molecule has 0 saturated heterocycles. The number of hydrogen-bond acceptors (Lipinski definition) is 3. The second-order valence-corrected chi connectivity index (χ2v) is 8.13. The maximum atomic E-state index is 12.4. The second-order valence-electron chi connectivity index (χ2n) is 8.13. The van der Waals surface area contributed by atoms with Crippen molar-refractivity contribution in [3.63, 3.8) is 0 Å². The number of carbonyl (C=O) groups is 2. The predicted molar refractivity (Wildman–Crippen MR) is 123 cm³/mol. The molecule has 158 valence electrons. The maximum absolute atomic E-state index is 12.4. The summed E-state index contributed by atoms with van der Waals surface area (Å²) in [5.74, 6) is -0.0191. The minimum atomic E-state index is -0.0705. The normalized spacial score (nSPS) is 13.7. The van der Waals surface area contributed by atoms with E-state index in [1.807, 2.05) is 19.1 Å². The molecule has 0 aliphatic carbocycles. The first-order valence-electron chi connectivity index (χ1n) is 10.8. The first-order valence-corrected chi connectivity index (χ1v) is 10.8. The van der Waals surface area contributed by atoms with E-state index in [-0.39, 0.29) is 18.2 Å². The van der Waals surface area contributed by atoms with Gasteiger partial charge in [0.05, 0.1) is 6.54 Å². The number of aryl methyl sites for hydroxylation is 3. The van der Waals surface area contributed by atoms with Gasteiger partial charge < -0.3 is 10.2 Å². The lowest BCUT2D eigenvalue weighted by Gasteiger charge is -2.28. The van der Waals surface area contributed by atoms with Gasteiger partial charge in [0.1, 0.15) is 0 Å². The van der Waals surface area contributed by atoms with Gasteiger partial charge in [0.25, 0.3) is 0 Å². The summed E-state index contributed by atoms with van der Waals surface area (Å²) in [5, 5.41) is 2.81. The molecule has 1 aliphatic rings. The molecule has 0 saturated carbocycles. The zero-order valence-electron chi connectivity index (χ0n) is 18.3. The van der Waals surface area contributed by atoms with Crippen LogP contribution >= 0.6 is 0 Å². The summed E-state index contributed by atoms with van der Waals surface area (Å²) in [5.41, 5.74) is 7.07. The highest BCUT2D eigenvalue weighted by Gasteiger charge is 2.16. The Morgan fingerprint density at radius 3 is 2.47 bits per heavy atom. The Morgan fingerprint density at radius 1 is 1.03 bits per heavy atom. The van der Waals surface area contributed by atoms with E-state index in [4.69, 9.17) is 0 Å². The zero-order chi connectivity index (χ0) is 21.5. The fraction of sp³-hybridized carbons (Fsp3) is 0.385. The Kier molecular flexibility index (Phi) is 7.45. The quantitative estimate of drug-likeness (QED) is 0.667. The van der Waals surface area contributed by atoms with Crippen LogP contribution in [0.5, 0.6) is 0 Å². The van der Waals surface area contributed by atoms with Gasteiger partial charge in [-0.25, -0.2) is 0 Å². The number of carbonyl (C=O) groups excluding carboxylic acids is 2. The average molecular weight is 405 g/mol. The fourth-order valence-electron chi connectivity index (χ4n) is 3.93. The zero-order valence-corrected chi connectivity index (χ0v) is 18.3. The lowest BCUT2D eigenvalue weighted by Crippen LogP contribution is -2.33. The Labute approximate surface area is 180 Å². The minimum Gasteiger partial charge on any atom is -0.367 e. The van der Waals surface area contributed by atoms with Crippen molar-refractivity contribution in [1.29, 1.82) is 0 Å². The molecule has 4 nitrogen and oxygen atoms in total. The lowest BCUT2D eigenvalue weighted by molar-refractivity contribution is -0.124. The van der Waals surface area contributed by atoms with E-state index in [0.29, 0.717) is 12.8 Å². The Bertz CT molecular complexity index is 929.